The van der Waals surface area contributed by atoms with Gasteiger partial charge in [-0.15, -0.1) is 0 Å². The Kier molecular flexibility index (Phi) is 4.59. The molecule has 4 heteroatoms. The van der Waals surface area contributed by atoms with Crippen molar-refractivity contribution >= 4 is 29.1 Å². The number of benzene rings is 2. The fourth-order valence-corrected chi connectivity index (χ4v) is 4.16. The predicted octanol–water partition coefficient (Wildman–Crippen LogP) is 5.24. The van der Waals surface area contributed by atoms with Gasteiger partial charge in [0.1, 0.15) is 0 Å². The van der Waals surface area contributed by atoms with E-state index in [2.05, 4.69) is 46.0 Å². The van der Waals surface area contributed by atoms with E-state index in [1.54, 1.807) is 11.3 Å². The second kappa shape index (κ2) is 7.18. The van der Waals surface area contributed by atoms with E-state index in [0.717, 1.165) is 16.8 Å². The lowest BCUT2D eigenvalue weighted by molar-refractivity contribution is -0.142. The molecule has 0 N–H and O–H groups in total. The molecule has 2 aromatic carbocycles. The molecule has 3 aromatic rings. The van der Waals surface area contributed by atoms with Crippen molar-refractivity contribution in [3.05, 3.63) is 94.2 Å². The van der Waals surface area contributed by atoms with E-state index in [0.29, 0.717) is 0 Å². The number of thiophene rings is 1. The summed E-state index contributed by atoms with van der Waals surface area (Å²) in [4.78, 5) is 15.0. The second-order valence-electron chi connectivity index (χ2n) is 6.16. The number of carbonyl (C=O) groups is 1. The molecule has 130 valence electrons. The Balaban J connectivity index is 1.90. The molecule has 0 aliphatic carbocycles. The van der Waals surface area contributed by atoms with E-state index in [4.69, 9.17) is 4.74 Å². The number of anilines is 1. The maximum absolute atomic E-state index is 12.9. The van der Waals surface area contributed by atoms with Gasteiger partial charge in [0.2, 0.25) is 0 Å². The van der Waals surface area contributed by atoms with Crippen LogP contribution in [0, 0.1) is 0 Å². The lowest BCUT2D eigenvalue weighted by atomic mass is 9.94. The molecule has 1 aromatic heterocycles. The van der Waals surface area contributed by atoms with E-state index < -0.39 is 6.04 Å². The topological polar surface area (TPSA) is 29.5 Å². The molecule has 1 aliphatic rings. The Hall–Kier alpha value is -2.85. The molecule has 0 radical (unpaired) electrons. The molecule has 0 unspecified atom stereocenters. The Morgan fingerprint density at radius 2 is 1.85 bits per heavy atom. The average Bonchev–Trinajstić information content (AvgIpc) is 3.23. The molecule has 0 saturated carbocycles. The van der Waals surface area contributed by atoms with Crippen LogP contribution >= 0.6 is 11.3 Å². The third-order valence-corrected chi connectivity index (χ3v) is 5.38. The smallest absolute Gasteiger partial charge is 0.333 e. The van der Waals surface area contributed by atoms with E-state index in [-0.39, 0.29) is 12.0 Å². The quantitative estimate of drug-likeness (QED) is 0.596. The van der Waals surface area contributed by atoms with Crippen LogP contribution in [-0.4, -0.2) is 13.1 Å². The van der Waals surface area contributed by atoms with Crippen molar-refractivity contribution in [3.63, 3.8) is 0 Å². The van der Waals surface area contributed by atoms with Gasteiger partial charge in [-0.05, 0) is 39.6 Å². The molecule has 26 heavy (non-hydrogen) atoms. The number of ether oxygens (including phenoxy) is 1. The molecule has 0 spiro atoms. The highest BCUT2D eigenvalue weighted by atomic mass is 32.1. The number of rotatable bonds is 4. The largest absolute Gasteiger partial charge is 0.467 e. The highest BCUT2D eigenvalue weighted by molar-refractivity contribution is 7.08. The Morgan fingerprint density at radius 1 is 1.08 bits per heavy atom. The van der Waals surface area contributed by atoms with Crippen molar-refractivity contribution < 1.29 is 9.53 Å². The van der Waals surface area contributed by atoms with Crippen LogP contribution in [0.25, 0.3) is 6.08 Å². The minimum Gasteiger partial charge on any atom is -0.467 e. The van der Waals surface area contributed by atoms with Crippen molar-refractivity contribution in [2.24, 2.45) is 0 Å². The summed E-state index contributed by atoms with van der Waals surface area (Å²) in [6, 6.07) is 19.6. The van der Waals surface area contributed by atoms with E-state index in [1.807, 2.05) is 42.5 Å². The Labute approximate surface area is 157 Å². The summed E-state index contributed by atoms with van der Waals surface area (Å²) in [5.41, 5.74) is 4.23. The van der Waals surface area contributed by atoms with Gasteiger partial charge in [-0.3, -0.25) is 0 Å². The number of fused-ring (bicyclic) bond motifs is 1. The van der Waals surface area contributed by atoms with Crippen molar-refractivity contribution in [2.45, 2.75) is 12.1 Å². The van der Waals surface area contributed by atoms with E-state index >= 15 is 0 Å². The van der Waals surface area contributed by atoms with Crippen molar-refractivity contribution in [1.82, 2.24) is 0 Å². The number of carbonyl (C=O) groups excluding carboxylic acids is 1. The number of methoxy groups -OCH3 is 1. The van der Waals surface area contributed by atoms with Gasteiger partial charge in [-0.25, -0.2) is 4.79 Å². The molecular weight excluding hydrogens is 342 g/mol. The third-order valence-electron chi connectivity index (χ3n) is 4.68. The third kappa shape index (κ3) is 2.93. The standard InChI is InChI=1S/C22H19NO2S/c1-25-22(24)21(17-8-3-2-4-9-17)23-19-10-6-5-7-16(19)11-12-20(23)18-13-14-26-15-18/h2-15,20-21H,1H3/t20-,21+/m1/s1. The van der Waals surface area contributed by atoms with Crippen LogP contribution in [0.4, 0.5) is 5.69 Å². The second-order valence-corrected chi connectivity index (χ2v) is 6.94. The van der Waals surface area contributed by atoms with Crippen LogP contribution in [0.1, 0.15) is 28.8 Å². The molecule has 0 saturated heterocycles. The van der Waals surface area contributed by atoms with E-state index in [9.17, 15) is 4.79 Å². The molecular formula is C22H19NO2S. The average molecular weight is 361 g/mol. The first-order chi connectivity index (χ1) is 12.8. The maximum atomic E-state index is 12.9. The minimum absolute atomic E-state index is 0.0274. The van der Waals surface area contributed by atoms with Crippen LogP contribution in [0.3, 0.4) is 0 Å². The molecule has 0 bridgehead atoms. The molecule has 0 fully saturated rings. The highest BCUT2D eigenvalue weighted by Crippen LogP contribution is 2.43. The summed E-state index contributed by atoms with van der Waals surface area (Å²) >= 11 is 1.66. The molecule has 2 atom stereocenters. The number of nitrogens with zero attached hydrogens (tertiary/aromatic N) is 1. The van der Waals surface area contributed by atoms with Gasteiger partial charge < -0.3 is 9.64 Å². The van der Waals surface area contributed by atoms with E-state index in [1.165, 1.54) is 12.7 Å². The van der Waals surface area contributed by atoms with Crippen LogP contribution in [0.2, 0.25) is 0 Å². The molecule has 3 nitrogen and oxygen atoms in total. The maximum Gasteiger partial charge on any atom is 0.333 e. The van der Waals surface area contributed by atoms with Gasteiger partial charge >= 0.3 is 5.97 Å². The van der Waals surface area contributed by atoms with Gasteiger partial charge in [-0.2, -0.15) is 11.3 Å². The predicted molar refractivity (Wildman–Crippen MR) is 106 cm³/mol. The number of hydrogen-bond acceptors (Lipinski definition) is 4. The fourth-order valence-electron chi connectivity index (χ4n) is 3.47. The summed E-state index contributed by atoms with van der Waals surface area (Å²) in [6.07, 6.45) is 4.29. The highest BCUT2D eigenvalue weighted by Gasteiger charge is 2.36. The zero-order valence-corrected chi connectivity index (χ0v) is 15.2. The van der Waals surface area contributed by atoms with Crippen LogP contribution in [0.15, 0.2) is 77.5 Å². The molecule has 2 heterocycles. The first-order valence-electron chi connectivity index (χ1n) is 8.50. The summed E-state index contributed by atoms with van der Waals surface area (Å²) in [7, 11) is 1.45. The van der Waals surface area contributed by atoms with Crippen molar-refractivity contribution in [2.75, 3.05) is 12.0 Å². The number of esters is 1. The minimum atomic E-state index is -0.516. The van der Waals surface area contributed by atoms with Gasteiger partial charge in [0.15, 0.2) is 6.04 Å². The molecule has 1 aliphatic heterocycles. The van der Waals surface area contributed by atoms with Crippen LogP contribution in [-0.2, 0) is 9.53 Å². The van der Waals surface area contributed by atoms with Gasteiger partial charge in [0.05, 0.1) is 13.2 Å². The fraction of sp³-hybridized carbons (Fsp3) is 0.136. The lowest BCUT2D eigenvalue weighted by Crippen LogP contribution is -2.38. The zero-order chi connectivity index (χ0) is 17.9. The normalized spacial score (nSPS) is 16.8. The monoisotopic (exact) mass is 361 g/mol. The van der Waals surface area contributed by atoms with Crippen molar-refractivity contribution in [1.29, 1.82) is 0 Å². The Bertz CT molecular complexity index is 918. The SMILES string of the molecule is COC(=O)[C@H](c1ccccc1)N1c2ccccc2C=C[C@@H]1c1ccsc1. The zero-order valence-electron chi connectivity index (χ0n) is 14.4. The van der Waals surface area contributed by atoms with Gasteiger partial charge in [-0.1, -0.05) is 60.7 Å². The molecule has 0 amide bonds. The van der Waals surface area contributed by atoms with Gasteiger partial charge in [0.25, 0.3) is 0 Å². The van der Waals surface area contributed by atoms with Crippen LogP contribution in [0.5, 0.6) is 0 Å². The number of hydrogen-bond donors (Lipinski definition) is 0. The van der Waals surface area contributed by atoms with Crippen molar-refractivity contribution in [3.8, 4) is 0 Å². The number of para-hydroxylation sites is 1. The summed E-state index contributed by atoms with van der Waals surface area (Å²) in [5.74, 6) is -0.262. The van der Waals surface area contributed by atoms with Crippen LogP contribution < -0.4 is 4.90 Å². The first kappa shape index (κ1) is 16.6. The first-order valence-corrected chi connectivity index (χ1v) is 9.44. The summed E-state index contributed by atoms with van der Waals surface area (Å²) in [6.45, 7) is 0. The van der Waals surface area contributed by atoms with Gasteiger partial charge in [0, 0.05) is 5.69 Å². The lowest BCUT2D eigenvalue weighted by Gasteiger charge is -2.40. The summed E-state index contributed by atoms with van der Waals surface area (Å²) < 4.78 is 5.20. The Morgan fingerprint density at radius 3 is 2.58 bits per heavy atom. The molecule has 4 rings (SSSR count). The summed E-state index contributed by atoms with van der Waals surface area (Å²) in [5, 5.41) is 4.20.